The van der Waals surface area contributed by atoms with Crippen LogP contribution in [0.2, 0.25) is 0 Å². The predicted molar refractivity (Wildman–Crippen MR) is 95.2 cm³/mol. The topological polar surface area (TPSA) is 77.9 Å². The van der Waals surface area contributed by atoms with Crippen LogP contribution in [0.4, 0.5) is 5.69 Å². The summed E-state index contributed by atoms with van der Waals surface area (Å²) < 4.78 is 0. The minimum absolute atomic E-state index is 0.101. The zero-order valence-electron chi connectivity index (χ0n) is 13.7. The maximum Gasteiger partial charge on any atom is 0.345 e. The summed E-state index contributed by atoms with van der Waals surface area (Å²) in [6, 6.07) is 11.8. The highest BCUT2D eigenvalue weighted by Crippen LogP contribution is 2.26. The summed E-state index contributed by atoms with van der Waals surface area (Å²) in [5.41, 5.74) is 0.822. The fourth-order valence-corrected chi connectivity index (χ4v) is 3.83. The molecule has 1 aromatic heterocycles. The molecule has 6 nitrogen and oxygen atoms in total. The quantitative estimate of drug-likeness (QED) is 0.891. The molecule has 25 heavy (non-hydrogen) atoms. The van der Waals surface area contributed by atoms with E-state index in [1.54, 1.807) is 4.90 Å². The first-order chi connectivity index (χ1) is 12.0. The highest BCUT2D eigenvalue weighted by Gasteiger charge is 2.38. The summed E-state index contributed by atoms with van der Waals surface area (Å²) in [6.45, 7) is 2.77. The Hall–Kier alpha value is -2.67. The number of hydrogen-bond donors (Lipinski definition) is 1. The van der Waals surface area contributed by atoms with Crippen molar-refractivity contribution < 1.29 is 19.5 Å². The predicted octanol–water partition coefficient (Wildman–Crippen LogP) is 2.71. The van der Waals surface area contributed by atoms with Crippen molar-refractivity contribution in [1.82, 2.24) is 4.90 Å². The van der Waals surface area contributed by atoms with E-state index in [4.69, 9.17) is 5.11 Å². The van der Waals surface area contributed by atoms with E-state index >= 15 is 0 Å². The summed E-state index contributed by atoms with van der Waals surface area (Å²) in [6.07, 6.45) is 0.560. The third-order valence-corrected chi connectivity index (χ3v) is 5.31. The molecule has 2 heterocycles. The SMILES string of the molecule is CCN(C(=O)c1ccc(C(=O)O)s1)C1CCN(c2ccccc2)C1=O. The summed E-state index contributed by atoms with van der Waals surface area (Å²) in [4.78, 5) is 40.2. The zero-order chi connectivity index (χ0) is 18.0. The van der Waals surface area contributed by atoms with Gasteiger partial charge in [-0.05, 0) is 37.6 Å². The van der Waals surface area contributed by atoms with Crippen LogP contribution in [0.1, 0.15) is 32.7 Å². The molecule has 1 unspecified atom stereocenters. The minimum Gasteiger partial charge on any atom is -0.477 e. The standard InChI is InChI=1S/C18H18N2O4S/c1-2-19(17(22)14-8-9-15(25-14)18(23)24)13-10-11-20(16(13)21)12-6-4-3-5-7-12/h3-9,13H,2,10-11H2,1H3,(H,23,24). The number of thiophene rings is 1. The van der Waals surface area contributed by atoms with Crippen molar-refractivity contribution in [3.8, 4) is 0 Å². The van der Waals surface area contributed by atoms with Crippen molar-refractivity contribution in [1.29, 1.82) is 0 Å². The summed E-state index contributed by atoms with van der Waals surface area (Å²) in [7, 11) is 0. The first kappa shape index (κ1) is 17.2. The molecule has 1 atom stereocenters. The number of carbonyl (C=O) groups excluding carboxylic acids is 2. The number of rotatable bonds is 5. The third-order valence-electron chi connectivity index (χ3n) is 4.25. The number of carbonyl (C=O) groups is 3. The van der Waals surface area contributed by atoms with Crippen LogP contribution in [0, 0.1) is 0 Å². The van der Waals surface area contributed by atoms with Gasteiger partial charge in [0, 0.05) is 18.8 Å². The second kappa shape index (κ2) is 7.06. The zero-order valence-corrected chi connectivity index (χ0v) is 14.5. The number of para-hydroxylation sites is 1. The number of amides is 2. The number of aromatic carboxylic acids is 1. The van der Waals surface area contributed by atoms with Crippen molar-refractivity contribution in [3.63, 3.8) is 0 Å². The molecule has 2 amide bonds. The molecule has 0 saturated carbocycles. The van der Waals surface area contributed by atoms with Crippen LogP contribution in [-0.2, 0) is 4.79 Å². The van der Waals surface area contributed by atoms with Gasteiger partial charge >= 0.3 is 5.97 Å². The molecule has 1 aliphatic rings. The molecule has 130 valence electrons. The fraction of sp³-hybridized carbons (Fsp3) is 0.278. The molecule has 1 N–H and O–H groups in total. The van der Waals surface area contributed by atoms with Gasteiger partial charge in [0.15, 0.2) is 0 Å². The van der Waals surface area contributed by atoms with Crippen LogP contribution >= 0.6 is 11.3 Å². The Labute approximate surface area is 149 Å². The van der Waals surface area contributed by atoms with Gasteiger partial charge in [0.25, 0.3) is 5.91 Å². The average molecular weight is 358 g/mol. The summed E-state index contributed by atoms with van der Waals surface area (Å²) in [5, 5.41) is 9.01. The average Bonchev–Trinajstić information content (AvgIpc) is 3.24. The molecule has 1 fully saturated rings. The van der Waals surface area contributed by atoms with Crippen LogP contribution in [0.3, 0.4) is 0 Å². The summed E-state index contributed by atoms with van der Waals surface area (Å²) in [5.74, 6) is -1.45. The largest absolute Gasteiger partial charge is 0.477 e. The van der Waals surface area contributed by atoms with Gasteiger partial charge < -0.3 is 14.9 Å². The lowest BCUT2D eigenvalue weighted by atomic mass is 10.2. The van der Waals surface area contributed by atoms with Crippen molar-refractivity contribution >= 4 is 34.8 Å². The van der Waals surface area contributed by atoms with Crippen LogP contribution < -0.4 is 4.90 Å². The van der Waals surface area contributed by atoms with Gasteiger partial charge in [-0.1, -0.05) is 18.2 Å². The Morgan fingerprint density at radius 1 is 1.20 bits per heavy atom. The number of carboxylic acids is 1. The molecular formula is C18H18N2O4S. The lowest BCUT2D eigenvalue weighted by Gasteiger charge is -2.26. The molecule has 0 radical (unpaired) electrons. The Kier molecular flexibility index (Phi) is 4.85. The van der Waals surface area contributed by atoms with E-state index in [1.165, 1.54) is 17.0 Å². The Bertz CT molecular complexity index is 802. The van der Waals surface area contributed by atoms with E-state index < -0.39 is 12.0 Å². The first-order valence-electron chi connectivity index (χ1n) is 8.03. The Balaban J connectivity index is 1.80. The second-order valence-electron chi connectivity index (χ2n) is 5.69. The van der Waals surface area contributed by atoms with Gasteiger partial charge in [-0.15, -0.1) is 11.3 Å². The van der Waals surface area contributed by atoms with E-state index in [-0.39, 0.29) is 16.7 Å². The van der Waals surface area contributed by atoms with Crippen LogP contribution in [0.5, 0.6) is 0 Å². The monoisotopic (exact) mass is 358 g/mol. The molecule has 0 bridgehead atoms. The first-order valence-corrected chi connectivity index (χ1v) is 8.85. The van der Waals surface area contributed by atoms with Gasteiger partial charge in [-0.25, -0.2) is 4.79 Å². The third kappa shape index (κ3) is 3.28. The lowest BCUT2D eigenvalue weighted by molar-refractivity contribution is -0.120. The number of nitrogens with zero attached hydrogens (tertiary/aromatic N) is 2. The molecule has 3 rings (SSSR count). The normalized spacial score (nSPS) is 16.9. The number of anilines is 1. The second-order valence-corrected chi connectivity index (χ2v) is 6.77. The maximum atomic E-state index is 12.8. The smallest absolute Gasteiger partial charge is 0.345 e. The van der Waals surface area contributed by atoms with Gasteiger partial charge in [0.1, 0.15) is 10.9 Å². The van der Waals surface area contributed by atoms with Crippen LogP contribution in [0.15, 0.2) is 42.5 Å². The van der Waals surface area contributed by atoms with Gasteiger partial charge in [0.2, 0.25) is 5.91 Å². The highest BCUT2D eigenvalue weighted by molar-refractivity contribution is 7.15. The van der Waals surface area contributed by atoms with E-state index in [2.05, 4.69) is 0 Å². The lowest BCUT2D eigenvalue weighted by Crippen LogP contribution is -2.45. The van der Waals surface area contributed by atoms with Gasteiger partial charge in [0.05, 0.1) is 4.88 Å². The number of hydrogen-bond acceptors (Lipinski definition) is 4. The van der Waals surface area contributed by atoms with Crippen LogP contribution in [0.25, 0.3) is 0 Å². The molecule has 7 heteroatoms. The molecule has 1 saturated heterocycles. The van der Waals surface area contributed by atoms with E-state index in [9.17, 15) is 14.4 Å². The van der Waals surface area contributed by atoms with Crippen molar-refractivity contribution in [2.45, 2.75) is 19.4 Å². The molecule has 0 aliphatic carbocycles. The molecule has 1 aromatic carbocycles. The maximum absolute atomic E-state index is 12.8. The molecule has 0 spiro atoms. The minimum atomic E-state index is -1.06. The molecule has 1 aliphatic heterocycles. The van der Waals surface area contributed by atoms with Gasteiger partial charge in [-0.2, -0.15) is 0 Å². The molecular weight excluding hydrogens is 340 g/mol. The van der Waals surface area contributed by atoms with Crippen molar-refractivity contribution in [3.05, 3.63) is 52.2 Å². The Morgan fingerprint density at radius 3 is 2.48 bits per heavy atom. The van der Waals surface area contributed by atoms with Crippen molar-refractivity contribution in [2.24, 2.45) is 0 Å². The number of carboxylic acid groups (broad SMARTS) is 1. The highest BCUT2D eigenvalue weighted by atomic mass is 32.1. The van der Waals surface area contributed by atoms with Gasteiger partial charge in [-0.3, -0.25) is 9.59 Å². The van der Waals surface area contributed by atoms with E-state index in [1.807, 2.05) is 37.3 Å². The molecule has 2 aromatic rings. The Morgan fingerprint density at radius 2 is 1.88 bits per heavy atom. The number of benzene rings is 1. The number of likely N-dealkylation sites (N-methyl/N-ethyl adjacent to an activating group) is 1. The fourth-order valence-electron chi connectivity index (χ4n) is 3.03. The van der Waals surface area contributed by atoms with Crippen LogP contribution in [-0.4, -0.2) is 46.9 Å². The van der Waals surface area contributed by atoms with Crippen molar-refractivity contribution in [2.75, 3.05) is 18.0 Å². The van der Waals surface area contributed by atoms with E-state index in [0.29, 0.717) is 24.4 Å². The van der Waals surface area contributed by atoms with E-state index in [0.717, 1.165) is 17.0 Å². The summed E-state index contributed by atoms with van der Waals surface area (Å²) >= 11 is 0.934.